The molecule has 7 heteroatoms. The Morgan fingerprint density at radius 3 is 2.78 bits per heavy atom. The number of ether oxygens (including phenoxy) is 1. The van der Waals surface area contributed by atoms with Gasteiger partial charge in [0, 0.05) is 12.6 Å². The van der Waals surface area contributed by atoms with Gasteiger partial charge in [0.1, 0.15) is 12.4 Å². The van der Waals surface area contributed by atoms with Crippen LogP contribution in [0.1, 0.15) is 12.5 Å². The Hall–Kier alpha value is -2.15. The van der Waals surface area contributed by atoms with E-state index in [-0.39, 0.29) is 0 Å². The van der Waals surface area contributed by atoms with E-state index in [2.05, 4.69) is 21.0 Å². The lowest BCUT2D eigenvalue weighted by Crippen LogP contribution is -2.39. The molecule has 1 heterocycles. The van der Waals surface area contributed by atoms with E-state index >= 15 is 0 Å². The summed E-state index contributed by atoms with van der Waals surface area (Å²) in [5.74, 6) is -0.815. The summed E-state index contributed by atoms with van der Waals surface area (Å²) in [5, 5.41) is 10.3. The number of nitrogens with zero attached hydrogens (tertiary/aromatic N) is 1. The maximum atomic E-state index is 13.1. The summed E-state index contributed by atoms with van der Waals surface area (Å²) < 4.78 is 31.2. The molecule has 0 spiro atoms. The predicted octanol–water partition coefficient (Wildman–Crippen LogP) is 3.16. The quantitative estimate of drug-likeness (QED) is 0.463. The Labute approximate surface area is 138 Å². The highest BCUT2D eigenvalue weighted by Gasteiger charge is 2.03. The number of benzene rings is 1. The Morgan fingerprint density at radius 1 is 1.22 bits per heavy atom. The van der Waals surface area contributed by atoms with Crippen LogP contribution in [-0.2, 0) is 6.54 Å². The van der Waals surface area contributed by atoms with Crippen molar-refractivity contribution >= 4 is 17.3 Å². The van der Waals surface area contributed by atoms with Crippen LogP contribution in [0.15, 0.2) is 40.0 Å². The lowest BCUT2D eigenvalue weighted by Gasteiger charge is -2.12. The van der Waals surface area contributed by atoms with Gasteiger partial charge in [0.05, 0.1) is 13.1 Å². The molecule has 2 N–H and O–H groups in total. The number of aliphatic imine (C=N–C) groups is 1. The van der Waals surface area contributed by atoms with Gasteiger partial charge in [-0.2, -0.15) is 11.3 Å². The lowest BCUT2D eigenvalue weighted by atomic mass is 10.3. The Bertz CT molecular complexity index is 632. The van der Waals surface area contributed by atoms with Crippen LogP contribution in [0.25, 0.3) is 0 Å². The fourth-order valence-electron chi connectivity index (χ4n) is 1.80. The zero-order valence-electron chi connectivity index (χ0n) is 12.8. The van der Waals surface area contributed by atoms with Crippen molar-refractivity contribution in [2.24, 2.45) is 4.99 Å². The van der Waals surface area contributed by atoms with Gasteiger partial charge in [0.25, 0.3) is 0 Å². The summed E-state index contributed by atoms with van der Waals surface area (Å²) in [5.41, 5.74) is 1.16. The van der Waals surface area contributed by atoms with E-state index in [0.29, 0.717) is 31.4 Å². The first kappa shape index (κ1) is 17.2. The molecule has 0 aliphatic heterocycles. The maximum Gasteiger partial charge on any atom is 0.191 e. The third kappa shape index (κ3) is 5.86. The predicted molar refractivity (Wildman–Crippen MR) is 89.0 cm³/mol. The molecule has 0 bridgehead atoms. The number of guanidine groups is 1. The molecule has 0 atom stereocenters. The molecule has 1 aromatic heterocycles. The van der Waals surface area contributed by atoms with Crippen LogP contribution in [0.3, 0.4) is 0 Å². The van der Waals surface area contributed by atoms with E-state index in [1.54, 1.807) is 11.3 Å². The second-order valence-corrected chi connectivity index (χ2v) is 5.46. The Kier molecular flexibility index (Phi) is 6.80. The van der Waals surface area contributed by atoms with Crippen molar-refractivity contribution in [3.8, 4) is 5.75 Å². The number of rotatable bonds is 7. The summed E-state index contributed by atoms with van der Waals surface area (Å²) in [6.07, 6.45) is 0. The Morgan fingerprint density at radius 2 is 2.09 bits per heavy atom. The van der Waals surface area contributed by atoms with Crippen molar-refractivity contribution in [1.29, 1.82) is 0 Å². The third-order valence-electron chi connectivity index (χ3n) is 2.90. The summed E-state index contributed by atoms with van der Waals surface area (Å²) in [4.78, 5) is 4.46. The van der Waals surface area contributed by atoms with Gasteiger partial charge in [-0.3, -0.25) is 0 Å². The molecule has 0 saturated carbocycles. The van der Waals surface area contributed by atoms with E-state index in [0.717, 1.165) is 24.2 Å². The SMILES string of the molecule is CCNC(=NCc1ccsc1)NCCOc1ccc(F)c(F)c1. The average molecular weight is 339 g/mol. The summed E-state index contributed by atoms with van der Waals surface area (Å²) >= 11 is 1.64. The van der Waals surface area contributed by atoms with Crippen molar-refractivity contribution in [2.45, 2.75) is 13.5 Å². The van der Waals surface area contributed by atoms with Crippen LogP contribution in [0.4, 0.5) is 8.78 Å². The van der Waals surface area contributed by atoms with E-state index in [9.17, 15) is 8.78 Å². The number of hydrogen-bond acceptors (Lipinski definition) is 3. The lowest BCUT2D eigenvalue weighted by molar-refractivity contribution is 0.318. The fourth-order valence-corrected chi connectivity index (χ4v) is 2.46. The molecule has 0 aliphatic rings. The van der Waals surface area contributed by atoms with Gasteiger partial charge in [0.15, 0.2) is 17.6 Å². The zero-order valence-corrected chi connectivity index (χ0v) is 13.6. The average Bonchev–Trinajstić information content (AvgIpc) is 3.06. The van der Waals surface area contributed by atoms with Gasteiger partial charge >= 0.3 is 0 Å². The highest BCUT2D eigenvalue weighted by Crippen LogP contribution is 2.14. The molecule has 0 aliphatic carbocycles. The molecule has 0 saturated heterocycles. The summed E-state index contributed by atoms with van der Waals surface area (Å²) in [6, 6.07) is 5.51. The van der Waals surface area contributed by atoms with Crippen LogP contribution < -0.4 is 15.4 Å². The first-order valence-electron chi connectivity index (χ1n) is 7.30. The monoisotopic (exact) mass is 339 g/mol. The second-order valence-electron chi connectivity index (χ2n) is 4.68. The van der Waals surface area contributed by atoms with Gasteiger partial charge in [-0.1, -0.05) is 0 Å². The first-order chi connectivity index (χ1) is 11.2. The Balaban J connectivity index is 1.77. The van der Waals surface area contributed by atoms with Crippen LogP contribution in [0.5, 0.6) is 5.75 Å². The summed E-state index contributed by atoms with van der Waals surface area (Å²) in [7, 11) is 0. The molecule has 2 aromatic rings. The van der Waals surface area contributed by atoms with Crippen molar-refractivity contribution in [3.63, 3.8) is 0 Å². The van der Waals surface area contributed by atoms with Crippen molar-refractivity contribution < 1.29 is 13.5 Å². The van der Waals surface area contributed by atoms with Crippen molar-refractivity contribution in [1.82, 2.24) is 10.6 Å². The van der Waals surface area contributed by atoms with Crippen LogP contribution in [0, 0.1) is 11.6 Å². The molecule has 1 aromatic carbocycles. The molecule has 2 rings (SSSR count). The largest absolute Gasteiger partial charge is 0.492 e. The standard InChI is InChI=1S/C16H19F2N3OS/c1-2-19-16(21-10-12-5-8-23-11-12)20-6-7-22-13-3-4-14(17)15(18)9-13/h3-5,8-9,11H,2,6-7,10H2,1H3,(H2,19,20,21). The van der Waals surface area contributed by atoms with Gasteiger partial charge in [-0.15, -0.1) is 0 Å². The second kappa shape index (κ2) is 9.09. The van der Waals surface area contributed by atoms with Gasteiger partial charge in [-0.05, 0) is 41.4 Å². The third-order valence-corrected chi connectivity index (χ3v) is 3.63. The minimum atomic E-state index is -0.916. The normalized spacial score (nSPS) is 11.3. The number of hydrogen-bond donors (Lipinski definition) is 2. The van der Waals surface area contributed by atoms with Crippen LogP contribution in [-0.4, -0.2) is 25.7 Å². The number of thiophene rings is 1. The molecule has 0 fully saturated rings. The molecule has 4 nitrogen and oxygen atoms in total. The van der Waals surface area contributed by atoms with Gasteiger partial charge < -0.3 is 15.4 Å². The van der Waals surface area contributed by atoms with Crippen LogP contribution in [0.2, 0.25) is 0 Å². The van der Waals surface area contributed by atoms with Crippen molar-refractivity contribution in [3.05, 3.63) is 52.2 Å². The molecule has 0 unspecified atom stereocenters. The maximum absolute atomic E-state index is 13.1. The first-order valence-corrected chi connectivity index (χ1v) is 8.24. The topological polar surface area (TPSA) is 45.7 Å². The van der Waals surface area contributed by atoms with Crippen molar-refractivity contribution in [2.75, 3.05) is 19.7 Å². The molecular weight excluding hydrogens is 320 g/mol. The summed E-state index contributed by atoms with van der Waals surface area (Å²) in [6.45, 7) is 4.14. The molecule has 0 radical (unpaired) electrons. The molecular formula is C16H19F2N3OS. The van der Waals surface area contributed by atoms with E-state index in [4.69, 9.17) is 4.74 Å². The number of halogens is 2. The molecule has 0 amide bonds. The van der Waals surface area contributed by atoms with E-state index in [1.165, 1.54) is 6.07 Å². The zero-order chi connectivity index (χ0) is 16.5. The fraction of sp³-hybridized carbons (Fsp3) is 0.312. The number of nitrogens with one attached hydrogen (secondary N) is 2. The minimum Gasteiger partial charge on any atom is -0.492 e. The highest BCUT2D eigenvalue weighted by atomic mass is 32.1. The molecule has 23 heavy (non-hydrogen) atoms. The van der Waals surface area contributed by atoms with E-state index < -0.39 is 11.6 Å². The van der Waals surface area contributed by atoms with E-state index in [1.807, 2.05) is 18.4 Å². The minimum absolute atomic E-state index is 0.297. The smallest absolute Gasteiger partial charge is 0.191 e. The van der Waals surface area contributed by atoms with Crippen LogP contribution >= 0.6 is 11.3 Å². The highest BCUT2D eigenvalue weighted by molar-refractivity contribution is 7.07. The van der Waals surface area contributed by atoms with Gasteiger partial charge in [0.2, 0.25) is 0 Å². The van der Waals surface area contributed by atoms with Gasteiger partial charge in [-0.25, -0.2) is 13.8 Å². The molecule has 124 valence electrons.